The maximum absolute atomic E-state index is 5.61. The van der Waals surface area contributed by atoms with Crippen molar-refractivity contribution in [1.29, 1.82) is 0 Å². The lowest BCUT2D eigenvalue weighted by Crippen LogP contribution is -2.12. The molecular formula is C18H26O4. The highest BCUT2D eigenvalue weighted by Gasteiger charge is 1.99. The second kappa shape index (κ2) is 12.0. The highest BCUT2D eigenvalue weighted by molar-refractivity contribution is 5.28. The van der Waals surface area contributed by atoms with Crippen LogP contribution in [-0.4, -0.2) is 46.2 Å². The smallest absolute Gasteiger partial charge is 0.119 e. The van der Waals surface area contributed by atoms with E-state index < -0.39 is 0 Å². The van der Waals surface area contributed by atoms with Gasteiger partial charge in [-0.05, 0) is 23.6 Å². The molecule has 0 aliphatic carbocycles. The fraction of sp³-hybridized carbons (Fsp3) is 0.556. The van der Waals surface area contributed by atoms with Crippen LogP contribution in [0.4, 0.5) is 0 Å². The standard InChI is InChI=1S/C18H26O4/c1-4-9-19-10-11-20-12-13-21-14-15-22-18-7-5-17(6-8-18)16(2)3/h1,5-8,16H,9-15H2,2-3H3. The number of rotatable bonds is 12. The predicted octanol–water partition coefficient (Wildman–Crippen LogP) is 2.87. The third-order valence-corrected chi connectivity index (χ3v) is 2.97. The van der Waals surface area contributed by atoms with Crippen LogP contribution in [0.15, 0.2) is 24.3 Å². The van der Waals surface area contributed by atoms with Gasteiger partial charge in [0, 0.05) is 0 Å². The predicted molar refractivity (Wildman–Crippen MR) is 87.3 cm³/mol. The third kappa shape index (κ3) is 8.68. The molecule has 4 nitrogen and oxygen atoms in total. The van der Waals surface area contributed by atoms with Crippen molar-refractivity contribution in [1.82, 2.24) is 0 Å². The van der Waals surface area contributed by atoms with E-state index in [0.29, 0.717) is 52.2 Å². The van der Waals surface area contributed by atoms with Crippen LogP contribution in [0, 0.1) is 12.3 Å². The molecule has 0 aromatic heterocycles. The largest absolute Gasteiger partial charge is 0.491 e. The zero-order valence-corrected chi connectivity index (χ0v) is 13.5. The molecule has 0 aliphatic rings. The monoisotopic (exact) mass is 306 g/mol. The molecule has 0 spiro atoms. The molecule has 1 rings (SSSR count). The lowest BCUT2D eigenvalue weighted by Gasteiger charge is -2.09. The molecule has 0 amide bonds. The minimum atomic E-state index is 0.329. The fourth-order valence-corrected chi connectivity index (χ4v) is 1.74. The van der Waals surface area contributed by atoms with E-state index in [9.17, 15) is 0 Å². The van der Waals surface area contributed by atoms with Crippen LogP contribution in [0.1, 0.15) is 25.3 Å². The Bertz CT molecular complexity index is 420. The molecule has 4 heteroatoms. The second-order valence-corrected chi connectivity index (χ2v) is 5.05. The highest BCUT2D eigenvalue weighted by atomic mass is 16.6. The van der Waals surface area contributed by atoms with Crippen molar-refractivity contribution in [3.63, 3.8) is 0 Å². The number of ether oxygens (including phenoxy) is 4. The van der Waals surface area contributed by atoms with Gasteiger partial charge in [-0.25, -0.2) is 0 Å². The molecule has 1 aromatic carbocycles. The lowest BCUT2D eigenvalue weighted by atomic mass is 10.0. The molecule has 0 bridgehead atoms. The normalized spacial score (nSPS) is 10.6. The Kier molecular flexibility index (Phi) is 10.1. The minimum absolute atomic E-state index is 0.329. The zero-order chi connectivity index (χ0) is 16.0. The molecular weight excluding hydrogens is 280 g/mol. The van der Waals surface area contributed by atoms with E-state index in [0.717, 1.165) is 5.75 Å². The van der Waals surface area contributed by atoms with Crippen molar-refractivity contribution >= 4 is 0 Å². The first-order valence-electron chi connectivity index (χ1n) is 7.63. The summed E-state index contributed by atoms with van der Waals surface area (Å²) < 4.78 is 21.4. The van der Waals surface area contributed by atoms with Crippen LogP contribution >= 0.6 is 0 Å². The average molecular weight is 306 g/mol. The summed E-state index contributed by atoms with van der Waals surface area (Å²) in [7, 11) is 0. The Morgan fingerprint density at radius 2 is 1.41 bits per heavy atom. The summed E-state index contributed by atoms with van der Waals surface area (Å²) in [6, 6.07) is 8.18. The summed E-state index contributed by atoms with van der Waals surface area (Å²) in [5.41, 5.74) is 1.31. The lowest BCUT2D eigenvalue weighted by molar-refractivity contribution is 0.0142. The van der Waals surface area contributed by atoms with Gasteiger partial charge in [-0.3, -0.25) is 0 Å². The molecule has 0 radical (unpaired) electrons. The second-order valence-electron chi connectivity index (χ2n) is 5.05. The highest BCUT2D eigenvalue weighted by Crippen LogP contribution is 2.18. The van der Waals surface area contributed by atoms with Gasteiger partial charge in [-0.1, -0.05) is 31.9 Å². The van der Waals surface area contributed by atoms with Crippen LogP contribution in [0.3, 0.4) is 0 Å². The Hall–Kier alpha value is -1.54. The van der Waals surface area contributed by atoms with E-state index >= 15 is 0 Å². The van der Waals surface area contributed by atoms with E-state index in [1.54, 1.807) is 0 Å². The molecule has 122 valence electrons. The van der Waals surface area contributed by atoms with Crippen molar-refractivity contribution in [3.8, 4) is 18.1 Å². The van der Waals surface area contributed by atoms with Crippen molar-refractivity contribution in [2.24, 2.45) is 0 Å². The first kappa shape index (κ1) is 18.5. The Morgan fingerprint density at radius 3 is 1.95 bits per heavy atom. The van der Waals surface area contributed by atoms with Crippen LogP contribution < -0.4 is 4.74 Å². The summed E-state index contributed by atoms with van der Waals surface area (Å²) in [6.45, 7) is 7.89. The number of hydrogen-bond acceptors (Lipinski definition) is 4. The molecule has 0 N–H and O–H groups in total. The van der Waals surface area contributed by atoms with Crippen LogP contribution in [-0.2, 0) is 14.2 Å². The first-order chi connectivity index (χ1) is 10.7. The van der Waals surface area contributed by atoms with E-state index in [2.05, 4.69) is 31.9 Å². The van der Waals surface area contributed by atoms with Crippen LogP contribution in [0.2, 0.25) is 0 Å². The number of hydrogen-bond donors (Lipinski definition) is 0. The van der Waals surface area contributed by atoms with E-state index in [4.69, 9.17) is 25.4 Å². The van der Waals surface area contributed by atoms with Crippen molar-refractivity contribution in [3.05, 3.63) is 29.8 Å². The summed E-state index contributed by atoms with van der Waals surface area (Å²) in [4.78, 5) is 0. The van der Waals surface area contributed by atoms with Gasteiger partial charge in [-0.2, -0.15) is 0 Å². The average Bonchev–Trinajstić information content (AvgIpc) is 2.53. The molecule has 0 fully saturated rings. The Morgan fingerprint density at radius 1 is 0.864 bits per heavy atom. The van der Waals surface area contributed by atoms with Gasteiger partial charge >= 0.3 is 0 Å². The summed E-state index contributed by atoms with van der Waals surface area (Å²) in [5.74, 6) is 3.81. The zero-order valence-electron chi connectivity index (χ0n) is 13.5. The maximum Gasteiger partial charge on any atom is 0.119 e. The minimum Gasteiger partial charge on any atom is -0.491 e. The summed E-state index contributed by atoms with van der Waals surface area (Å²) in [5, 5.41) is 0. The van der Waals surface area contributed by atoms with E-state index in [1.807, 2.05) is 12.1 Å². The molecule has 1 aromatic rings. The van der Waals surface area contributed by atoms with Gasteiger partial charge in [0.05, 0.1) is 33.0 Å². The topological polar surface area (TPSA) is 36.9 Å². The number of terminal acetylenes is 1. The van der Waals surface area contributed by atoms with Gasteiger partial charge in [-0.15, -0.1) is 6.42 Å². The summed E-state index contributed by atoms with van der Waals surface area (Å²) >= 11 is 0. The van der Waals surface area contributed by atoms with Crippen LogP contribution in [0.25, 0.3) is 0 Å². The van der Waals surface area contributed by atoms with Crippen molar-refractivity contribution in [2.75, 3.05) is 46.2 Å². The molecule has 0 unspecified atom stereocenters. The molecule has 0 aliphatic heterocycles. The first-order valence-corrected chi connectivity index (χ1v) is 7.63. The molecule has 0 atom stereocenters. The van der Waals surface area contributed by atoms with Gasteiger partial charge in [0.15, 0.2) is 0 Å². The Labute approximate surface area is 133 Å². The molecule has 0 heterocycles. The summed E-state index contributed by atoms with van der Waals surface area (Å²) in [6.07, 6.45) is 5.05. The number of benzene rings is 1. The quantitative estimate of drug-likeness (QED) is 0.439. The van der Waals surface area contributed by atoms with E-state index in [-0.39, 0.29) is 0 Å². The molecule has 0 saturated heterocycles. The van der Waals surface area contributed by atoms with Gasteiger partial charge < -0.3 is 18.9 Å². The molecule has 0 saturated carbocycles. The fourth-order valence-electron chi connectivity index (χ4n) is 1.74. The van der Waals surface area contributed by atoms with Crippen molar-refractivity contribution < 1.29 is 18.9 Å². The van der Waals surface area contributed by atoms with E-state index in [1.165, 1.54) is 5.56 Å². The SMILES string of the molecule is C#CCOCCOCCOCCOc1ccc(C(C)C)cc1. The molecule has 22 heavy (non-hydrogen) atoms. The van der Waals surface area contributed by atoms with Crippen LogP contribution in [0.5, 0.6) is 5.75 Å². The maximum atomic E-state index is 5.61. The van der Waals surface area contributed by atoms with Gasteiger partial charge in [0.25, 0.3) is 0 Å². The van der Waals surface area contributed by atoms with Crippen molar-refractivity contribution in [2.45, 2.75) is 19.8 Å². The van der Waals surface area contributed by atoms with Gasteiger partial charge in [0.1, 0.15) is 19.0 Å². The van der Waals surface area contributed by atoms with Gasteiger partial charge in [0.2, 0.25) is 0 Å². The third-order valence-electron chi connectivity index (χ3n) is 2.97. The Balaban J connectivity index is 1.94.